The molecule has 2 heterocycles. The number of halogens is 2. The second kappa shape index (κ2) is 7.41. The Hall–Kier alpha value is -3.90. The van der Waals surface area contributed by atoms with Crippen LogP contribution in [0.15, 0.2) is 76.9 Å². The Kier molecular flexibility index (Phi) is 4.56. The minimum absolute atomic E-state index is 0.0152. The van der Waals surface area contributed by atoms with Crippen LogP contribution in [0, 0.1) is 5.82 Å². The lowest BCUT2D eigenvalue weighted by Crippen LogP contribution is -2.07. The summed E-state index contributed by atoms with van der Waals surface area (Å²) in [5, 5.41) is 1.20. The van der Waals surface area contributed by atoms with Crippen molar-refractivity contribution in [2.45, 2.75) is 0 Å². The molecule has 0 N–H and O–H groups in total. The van der Waals surface area contributed by atoms with Gasteiger partial charge in [-0.3, -0.25) is 4.79 Å². The number of Topliss-reactive ketones (excluding diaryl/α,β-unsaturated/α-hetero) is 1. The molecule has 31 heavy (non-hydrogen) atoms. The Balaban J connectivity index is 1.37. The van der Waals surface area contributed by atoms with Gasteiger partial charge in [0.15, 0.2) is 5.76 Å². The van der Waals surface area contributed by atoms with Gasteiger partial charge in [0.05, 0.1) is 5.56 Å². The molecule has 4 aromatic rings. The van der Waals surface area contributed by atoms with Crippen LogP contribution < -0.4 is 9.47 Å². The average Bonchev–Trinajstić information content (AvgIpc) is 3.29. The Morgan fingerprint density at radius 1 is 1.03 bits per heavy atom. The zero-order valence-corrected chi connectivity index (χ0v) is 16.5. The molecule has 0 aliphatic carbocycles. The molecule has 0 saturated heterocycles. The molecule has 1 aliphatic rings. The van der Waals surface area contributed by atoms with Crippen LogP contribution in [-0.2, 0) is 0 Å². The molecule has 0 radical (unpaired) electrons. The number of fused-ring (bicyclic) bond motifs is 2. The second-order valence-corrected chi connectivity index (χ2v) is 7.27. The average molecular weight is 435 g/mol. The van der Waals surface area contributed by atoms with Crippen molar-refractivity contribution in [2.75, 3.05) is 0 Å². The Morgan fingerprint density at radius 2 is 1.90 bits per heavy atom. The molecule has 3 aromatic carbocycles. The first-order chi connectivity index (χ1) is 15.0. The highest BCUT2D eigenvalue weighted by Crippen LogP contribution is 2.35. The SMILES string of the molecule is O=C(Oc1ccc2c(c1)O/C(=C\c1cccc(F)c1)C2=O)c1cc2cc(Cl)ccc2o1. The highest BCUT2D eigenvalue weighted by atomic mass is 35.5. The zero-order chi connectivity index (χ0) is 21.5. The predicted octanol–water partition coefficient (Wildman–Crippen LogP) is 6.06. The van der Waals surface area contributed by atoms with Crippen LogP contribution in [0.3, 0.4) is 0 Å². The topological polar surface area (TPSA) is 65.7 Å². The monoisotopic (exact) mass is 434 g/mol. The van der Waals surface area contributed by atoms with Crippen molar-refractivity contribution in [1.82, 2.24) is 0 Å². The van der Waals surface area contributed by atoms with Gasteiger partial charge in [0.1, 0.15) is 22.9 Å². The van der Waals surface area contributed by atoms with Gasteiger partial charge in [-0.2, -0.15) is 0 Å². The lowest BCUT2D eigenvalue weighted by molar-refractivity contribution is 0.0703. The molecule has 1 aromatic heterocycles. The summed E-state index contributed by atoms with van der Waals surface area (Å²) in [4.78, 5) is 25.0. The van der Waals surface area contributed by atoms with Crippen molar-refractivity contribution in [1.29, 1.82) is 0 Å². The summed E-state index contributed by atoms with van der Waals surface area (Å²) in [5.74, 6) is -0.964. The van der Waals surface area contributed by atoms with Gasteiger partial charge in [-0.15, -0.1) is 0 Å². The van der Waals surface area contributed by atoms with Gasteiger partial charge in [-0.25, -0.2) is 9.18 Å². The van der Waals surface area contributed by atoms with E-state index < -0.39 is 11.8 Å². The van der Waals surface area contributed by atoms with Crippen molar-refractivity contribution in [3.8, 4) is 11.5 Å². The van der Waals surface area contributed by atoms with Crippen molar-refractivity contribution < 1.29 is 27.9 Å². The summed E-state index contributed by atoms with van der Waals surface area (Å²) in [7, 11) is 0. The van der Waals surface area contributed by atoms with Crippen LogP contribution in [0.4, 0.5) is 4.39 Å². The van der Waals surface area contributed by atoms with Gasteiger partial charge in [-0.1, -0.05) is 23.7 Å². The van der Waals surface area contributed by atoms with Gasteiger partial charge < -0.3 is 13.9 Å². The maximum absolute atomic E-state index is 13.4. The molecular formula is C24H12ClFO5. The molecule has 5 nitrogen and oxygen atoms in total. The van der Waals surface area contributed by atoms with Crippen molar-refractivity contribution >= 4 is 40.4 Å². The maximum Gasteiger partial charge on any atom is 0.379 e. The number of ketones is 1. The van der Waals surface area contributed by atoms with E-state index in [0.29, 0.717) is 27.1 Å². The van der Waals surface area contributed by atoms with Crippen molar-refractivity contribution in [2.24, 2.45) is 0 Å². The molecule has 0 fully saturated rings. The van der Waals surface area contributed by atoms with E-state index in [1.165, 1.54) is 48.5 Å². The number of rotatable bonds is 3. The van der Waals surface area contributed by atoms with E-state index in [0.717, 1.165) is 0 Å². The predicted molar refractivity (Wildman–Crippen MR) is 112 cm³/mol. The highest BCUT2D eigenvalue weighted by Gasteiger charge is 2.28. The van der Waals surface area contributed by atoms with E-state index in [1.807, 2.05) is 0 Å². The smallest absolute Gasteiger partial charge is 0.379 e. The van der Waals surface area contributed by atoms with Crippen LogP contribution >= 0.6 is 11.6 Å². The number of furan rings is 1. The van der Waals surface area contributed by atoms with E-state index in [4.69, 9.17) is 25.5 Å². The van der Waals surface area contributed by atoms with E-state index >= 15 is 0 Å². The van der Waals surface area contributed by atoms with E-state index in [9.17, 15) is 14.0 Å². The molecule has 0 spiro atoms. The third-order valence-corrected chi connectivity index (χ3v) is 4.91. The summed E-state index contributed by atoms with van der Waals surface area (Å²) < 4.78 is 29.9. The fraction of sp³-hybridized carbons (Fsp3) is 0. The van der Waals surface area contributed by atoms with Gasteiger partial charge >= 0.3 is 5.97 Å². The fourth-order valence-electron chi connectivity index (χ4n) is 3.25. The summed E-state index contributed by atoms with van der Waals surface area (Å²) in [6.45, 7) is 0. The van der Waals surface area contributed by atoms with Crippen LogP contribution in [0.2, 0.25) is 5.02 Å². The third-order valence-electron chi connectivity index (χ3n) is 4.68. The maximum atomic E-state index is 13.4. The number of carbonyl (C=O) groups excluding carboxylic acids is 2. The number of hydrogen-bond acceptors (Lipinski definition) is 5. The molecular weight excluding hydrogens is 423 g/mol. The molecule has 152 valence electrons. The van der Waals surface area contributed by atoms with E-state index in [1.54, 1.807) is 24.3 Å². The first-order valence-corrected chi connectivity index (χ1v) is 9.59. The number of allylic oxidation sites excluding steroid dienone is 1. The van der Waals surface area contributed by atoms with E-state index in [2.05, 4.69) is 0 Å². The van der Waals surface area contributed by atoms with Crippen LogP contribution in [0.25, 0.3) is 17.0 Å². The van der Waals surface area contributed by atoms with Crippen molar-refractivity contribution in [3.05, 3.63) is 100 Å². The van der Waals surface area contributed by atoms with Crippen LogP contribution in [0.1, 0.15) is 26.5 Å². The Morgan fingerprint density at radius 3 is 2.74 bits per heavy atom. The van der Waals surface area contributed by atoms with Crippen LogP contribution in [0.5, 0.6) is 11.5 Å². The molecule has 5 rings (SSSR count). The summed E-state index contributed by atoms with van der Waals surface area (Å²) >= 11 is 5.95. The second-order valence-electron chi connectivity index (χ2n) is 6.84. The minimum atomic E-state index is -0.702. The largest absolute Gasteiger partial charge is 0.452 e. The number of esters is 1. The quantitative estimate of drug-likeness (QED) is 0.223. The first kappa shape index (κ1) is 19.1. The van der Waals surface area contributed by atoms with Gasteiger partial charge in [0, 0.05) is 16.5 Å². The normalized spacial score (nSPS) is 14.0. The summed E-state index contributed by atoms with van der Waals surface area (Å²) in [6, 6.07) is 16.8. The van der Waals surface area contributed by atoms with Gasteiger partial charge in [0.25, 0.3) is 0 Å². The minimum Gasteiger partial charge on any atom is -0.452 e. The summed E-state index contributed by atoms with van der Waals surface area (Å²) in [5.41, 5.74) is 1.32. The number of hydrogen-bond donors (Lipinski definition) is 0. The van der Waals surface area contributed by atoms with Crippen LogP contribution in [-0.4, -0.2) is 11.8 Å². The van der Waals surface area contributed by atoms with Gasteiger partial charge in [-0.05, 0) is 60.2 Å². The van der Waals surface area contributed by atoms with Crippen molar-refractivity contribution in [3.63, 3.8) is 0 Å². The first-order valence-electron chi connectivity index (χ1n) is 9.21. The number of ether oxygens (including phenoxy) is 2. The Labute approximate surface area is 180 Å². The fourth-order valence-corrected chi connectivity index (χ4v) is 3.43. The number of benzene rings is 3. The third kappa shape index (κ3) is 3.69. The molecule has 0 atom stereocenters. The molecule has 0 bridgehead atoms. The Bertz CT molecular complexity index is 1400. The molecule has 0 unspecified atom stereocenters. The number of carbonyl (C=O) groups is 2. The highest BCUT2D eigenvalue weighted by molar-refractivity contribution is 6.31. The molecule has 0 amide bonds. The lowest BCUT2D eigenvalue weighted by Gasteiger charge is -2.04. The van der Waals surface area contributed by atoms with Gasteiger partial charge in [0.2, 0.25) is 11.5 Å². The standard InChI is InChI=1S/C24H12ClFO5/c25-15-4-7-19-14(10-15)11-22(30-19)24(28)29-17-5-6-18-20(12-17)31-21(23(18)27)9-13-2-1-3-16(26)8-13/h1-12H/b21-9-. The molecule has 1 aliphatic heterocycles. The molecule has 7 heteroatoms. The zero-order valence-electron chi connectivity index (χ0n) is 15.7. The van der Waals surface area contributed by atoms with E-state index in [-0.39, 0.29) is 28.8 Å². The molecule has 0 saturated carbocycles. The summed E-state index contributed by atoms with van der Waals surface area (Å²) in [6.07, 6.45) is 1.45. The lowest BCUT2D eigenvalue weighted by atomic mass is 10.1.